The van der Waals surface area contributed by atoms with Crippen LogP contribution in [0.15, 0.2) is 24.3 Å². The van der Waals surface area contributed by atoms with Crippen LogP contribution in [0.5, 0.6) is 0 Å². The van der Waals surface area contributed by atoms with E-state index >= 15 is 0 Å². The van der Waals surface area contributed by atoms with Gasteiger partial charge in [0.1, 0.15) is 36.5 Å². The second-order valence-corrected chi connectivity index (χ2v) is 16.1. The van der Waals surface area contributed by atoms with Crippen LogP contribution in [0, 0.1) is 24.2 Å². The Morgan fingerprint density at radius 3 is 1.75 bits per heavy atom. The van der Waals surface area contributed by atoms with E-state index in [9.17, 15) is 61.4 Å². The van der Waals surface area contributed by atoms with Crippen LogP contribution in [0.4, 0.5) is 13.2 Å². The molecule has 0 radical (unpaired) electrons. The summed E-state index contributed by atoms with van der Waals surface area (Å²) >= 11 is 0. The third kappa shape index (κ3) is 19.2. The summed E-state index contributed by atoms with van der Waals surface area (Å²) < 4.78 is 39.0. The number of halogens is 3. The zero-order valence-corrected chi connectivity index (χ0v) is 34.5. The van der Waals surface area contributed by atoms with Crippen LogP contribution in [-0.4, -0.2) is 106 Å². The number of aliphatic carboxylic acids is 2. The van der Waals surface area contributed by atoms with Gasteiger partial charge in [-0.25, -0.2) is 0 Å². The van der Waals surface area contributed by atoms with Crippen molar-refractivity contribution in [1.82, 2.24) is 31.9 Å². The van der Waals surface area contributed by atoms with E-state index in [1.165, 1.54) is 0 Å². The fraction of sp³-hybridized carbons (Fsp3) is 0.615. The maximum atomic E-state index is 14.2. The topological polar surface area (TPSA) is 266 Å². The van der Waals surface area contributed by atoms with E-state index in [-0.39, 0.29) is 25.0 Å². The van der Waals surface area contributed by atoms with Crippen molar-refractivity contribution in [1.29, 1.82) is 0 Å². The smallest absolute Gasteiger partial charge is 0.391 e. The summed E-state index contributed by atoms with van der Waals surface area (Å²) in [6.07, 6.45) is -8.69. The number of alkyl halides is 3. The Hall–Kier alpha value is -5.56. The zero-order valence-electron chi connectivity index (χ0n) is 34.5. The monoisotopic (exact) mass is 842 g/mol. The van der Waals surface area contributed by atoms with Gasteiger partial charge in [0.15, 0.2) is 0 Å². The number of carboxylic acids is 2. The third-order valence-electron chi connectivity index (χ3n) is 8.86. The summed E-state index contributed by atoms with van der Waals surface area (Å²) in [4.78, 5) is 114. The van der Waals surface area contributed by atoms with E-state index in [0.29, 0.717) is 5.56 Å². The molecule has 1 rings (SSSR count). The van der Waals surface area contributed by atoms with Gasteiger partial charge in [-0.15, -0.1) is 0 Å². The average Bonchev–Trinajstić information content (AvgIpc) is 3.09. The van der Waals surface area contributed by atoms with Gasteiger partial charge in [-0.05, 0) is 41.7 Å². The lowest BCUT2D eigenvalue weighted by molar-refractivity contribution is -0.147. The summed E-state index contributed by atoms with van der Waals surface area (Å²) in [6, 6.07) is -2.38. The number of carbonyl (C=O) groups excluding carboxylic acids is 7. The number of carboxylic acid groups (broad SMARTS) is 2. The molecule has 17 nitrogen and oxygen atoms in total. The number of benzene rings is 1. The van der Waals surface area contributed by atoms with Crippen molar-refractivity contribution in [3.63, 3.8) is 0 Å². The Morgan fingerprint density at radius 1 is 0.695 bits per heavy atom. The number of carbonyl (C=O) groups is 9. The lowest BCUT2D eigenvalue weighted by Crippen LogP contribution is -2.62. The van der Waals surface area contributed by atoms with E-state index in [0.717, 1.165) is 5.56 Å². The van der Waals surface area contributed by atoms with E-state index in [1.54, 1.807) is 79.7 Å². The van der Waals surface area contributed by atoms with Gasteiger partial charge in [0.2, 0.25) is 35.4 Å². The number of amides is 6. The normalized spacial score (nSPS) is 14.7. The Labute approximate surface area is 340 Å². The molecular formula is C39H57F3N6O11. The van der Waals surface area contributed by atoms with E-state index in [4.69, 9.17) is 5.11 Å². The van der Waals surface area contributed by atoms with Gasteiger partial charge in [-0.1, -0.05) is 72.7 Å². The van der Waals surface area contributed by atoms with E-state index in [2.05, 4.69) is 26.6 Å². The first-order chi connectivity index (χ1) is 27.1. The van der Waals surface area contributed by atoms with Crippen molar-refractivity contribution in [3.8, 4) is 0 Å². The van der Waals surface area contributed by atoms with Crippen LogP contribution in [0.3, 0.4) is 0 Å². The summed E-state index contributed by atoms with van der Waals surface area (Å²) in [6.45, 7) is 13.0. The summed E-state index contributed by atoms with van der Waals surface area (Å²) in [7, 11) is 0. The molecule has 0 unspecified atom stereocenters. The minimum atomic E-state index is -4.77. The van der Waals surface area contributed by atoms with Crippen molar-refractivity contribution in [2.24, 2.45) is 17.3 Å². The van der Waals surface area contributed by atoms with Gasteiger partial charge < -0.3 is 46.9 Å². The average molecular weight is 843 g/mol. The standard InChI is InChI=1S/C39H57F3N6O11/c1-20(2)15-25(33(55)43-24(19-49)18-39(40,41)42)46-37(59)32(38(6,7)8)48-35(57)26(16-23-12-10-9-11-22(23)5)45-36(58)31(21(3)4)47-34(56)27(17-30(53)54)44-28(50)13-14-29(51)52/h9-12,19-21,24-27,31-32H,13-18H2,1-8H3,(H,43,55)(H,44,50)(H,45,58)(H,46,59)(H,47,56)(H,48,57)(H,51,52)(H,53,54)/t24-,25-,26-,27+,31+,32+/m0/s1. The quantitative estimate of drug-likeness (QED) is 0.0735. The molecule has 20 heteroatoms. The maximum Gasteiger partial charge on any atom is 0.391 e. The number of hydrogen-bond donors (Lipinski definition) is 8. The minimum Gasteiger partial charge on any atom is -0.481 e. The molecule has 0 spiro atoms. The van der Waals surface area contributed by atoms with Gasteiger partial charge in [0.05, 0.1) is 25.3 Å². The maximum absolute atomic E-state index is 14.2. The lowest BCUT2D eigenvalue weighted by atomic mass is 9.85. The number of nitrogens with one attached hydrogen (secondary N) is 6. The molecule has 0 saturated carbocycles. The van der Waals surface area contributed by atoms with Crippen molar-refractivity contribution in [2.75, 3.05) is 0 Å². The molecule has 6 amide bonds. The summed E-state index contributed by atoms with van der Waals surface area (Å²) in [5.41, 5.74) is 0.271. The van der Waals surface area contributed by atoms with Crippen LogP contribution in [0.2, 0.25) is 0 Å². The van der Waals surface area contributed by atoms with Crippen molar-refractivity contribution < 1.29 is 66.5 Å². The zero-order chi connectivity index (χ0) is 45.4. The number of rotatable bonds is 23. The van der Waals surface area contributed by atoms with Crippen LogP contribution >= 0.6 is 0 Å². The van der Waals surface area contributed by atoms with Crippen molar-refractivity contribution in [2.45, 2.75) is 136 Å². The van der Waals surface area contributed by atoms with Gasteiger partial charge in [-0.3, -0.25) is 38.4 Å². The first-order valence-corrected chi connectivity index (χ1v) is 19.0. The molecule has 59 heavy (non-hydrogen) atoms. The highest BCUT2D eigenvalue weighted by atomic mass is 19.4. The molecule has 0 aliphatic carbocycles. The first-order valence-electron chi connectivity index (χ1n) is 19.0. The van der Waals surface area contributed by atoms with Crippen LogP contribution in [-0.2, 0) is 49.6 Å². The molecule has 0 bridgehead atoms. The van der Waals surface area contributed by atoms with Crippen LogP contribution < -0.4 is 31.9 Å². The Balaban J connectivity index is 3.49. The molecular weight excluding hydrogens is 785 g/mol. The summed E-state index contributed by atoms with van der Waals surface area (Å²) in [5.74, 6) is -9.45. The number of aryl methyl sites for hydroxylation is 1. The van der Waals surface area contributed by atoms with Crippen LogP contribution in [0.25, 0.3) is 0 Å². The highest BCUT2D eigenvalue weighted by molar-refractivity contribution is 5.97. The largest absolute Gasteiger partial charge is 0.481 e. The Bertz CT molecular complexity index is 1680. The molecule has 0 fully saturated rings. The molecule has 0 saturated heterocycles. The molecule has 1 aromatic carbocycles. The van der Waals surface area contributed by atoms with Gasteiger partial charge in [0, 0.05) is 12.8 Å². The van der Waals surface area contributed by atoms with Crippen molar-refractivity contribution >= 4 is 53.7 Å². The number of aldehydes is 1. The molecule has 6 atom stereocenters. The highest BCUT2D eigenvalue weighted by Crippen LogP contribution is 2.23. The first kappa shape index (κ1) is 51.5. The van der Waals surface area contributed by atoms with Crippen molar-refractivity contribution in [3.05, 3.63) is 35.4 Å². The lowest BCUT2D eigenvalue weighted by Gasteiger charge is -2.34. The predicted octanol–water partition coefficient (Wildman–Crippen LogP) is 1.69. The minimum absolute atomic E-state index is 0.0480. The summed E-state index contributed by atoms with van der Waals surface area (Å²) in [5, 5.41) is 32.6. The third-order valence-corrected chi connectivity index (χ3v) is 8.86. The fourth-order valence-corrected chi connectivity index (χ4v) is 5.73. The molecule has 0 aliphatic rings. The molecule has 330 valence electrons. The molecule has 0 aliphatic heterocycles. The molecule has 1 aromatic rings. The Morgan fingerprint density at radius 2 is 1.25 bits per heavy atom. The Kier molecular flexibility index (Phi) is 20.2. The van der Waals surface area contributed by atoms with E-state index < -0.39 is 127 Å². The molecule has 8 N–H and O–H groups in total. The second kappa shape index (κ2) is 23.1. The van der Waals surface area contributed by atoms with Crippen LogP contribution in [0.1, 0.15) is 91.7 Å². The SMILES string of the molecule is Cc1ccccc1C[C@H](NC(=O)[C@H](NC(=O)[C@@H](CC(=O)O)NC(=O)CCC(=O)O)C(C)C)C(=O)N[C@H](C(=O)N[C@@H](CC(C)C)C(=O)N[C@H](C=O)CC(F)(F)F)C(C)(C)C. The predicted molar refractivity (Wildman–Crippen MR) is 206 cm³/mol. The van der Waals surface area contributed by atoms with Gasteiger partial charge in [-0.2, -0.15) is 13.2 Å². The molecule has 0 aromatic heterocycles. The second-order valence-electron chi connectivity index (χ2n) is 16.1. The fourth-order valence-electron chi connectivity index (χ4n) is 5.73. The number of hydrogen-bond acceptors (Lipinski definition) is 9. The van der Waals surface area contributed by atoms with E-state index in [1.807, 2.05) is 5.32 Å². The van der Waals surface area contributed by atoms with Gasteiger partial charge in [0.25, 0.3) is 0 Å². The van der Waals surface area contributed by atoms with Gasteiger partial charge >= 0.3 is 18.1 Å². The highest BCUT2D eigenvalue weighted by Gasteiger charge is 2.39. The molecule has 0 heterocycles.